The molecule has 3 nitrogen and oxygen atoms in total. The molecule has 0 aliphatic carbocycles. The number of nitrogens with two attached hydrogens (primary N) is 1. The van der Waals surface area contributed by atoms with E-state index in [0.717, 1.165) is 6.54 Å². The fourth-order valence-electron chi connectivity index (χ4n) is 1.49. The van der Waals surface area contributed by atoms with Crippen molar-refractivity contribution < 1.29 is 0 Å². The van der Waals surface area contributed by atoms with Crippen LogP contribution in [0, 0.1) is 6.92 Å². The van der Waals surface area contributed by atoms with Crippen LogP contribution in [0.25, 0.3) is 0 Å². The summed E-state index contributed by atoms with van der Waals surface area (Å²) in [5.41, 5.74) is 5.69. The van der Waals surface area contributed by atoms with Crippen LogP contribution >= 0.6 is 11.3 Å². The number of nitrogens with zero attached hydrogens (tertiary/aromatic N) is 2. The van der Waals surface area contributed by atoms with Crippen molar-refractivity contribution in [3.05, 3.63) is 21.9 Å². The molecule has 4 heteroatoms. The fraction of sp³-hybridized carbons (Fsp3) is 0.444. The van der Waals surface area contributed by atoms with Gasteiger partial charge in [0, 0.05) is 16.8 Å². The molecule has 2 N–H and O–H groups in total. The van der Waals surface area contributed by atoms with Gasteiger partial charge in [-0.25, -0.2) is 0 Å². The number of aryl methyl sites for hydroxylation is 1. The first kappa shape index (κ1) is 8.56. The van der Waals surface area contributed by atoms with E-state index in [4.69, 9.17) is 5.73 Å². The standard InChI is InChI=1S/C9H13N3S/c1-6-3-4-8(13-6)7-5-11-9(10)12(7)2/h3-4,7H,5H2,1-2H3,(H2,10,11). The molecule has 1 aromatic rings. The maximum atomic E-state index is 5.69. The average molecular weight is 195 g/mol. The second-order valence-electron chi connectivity index (χ2n) is 3.27. The average Bonchev–Trinajstić information content (AvgIpc) is 2.62. The maximum absolute atomic E-state index is 5.69. The summed E-state index contributed by atoms with van der Waals surface area (Å²) in [6, 6.07) is 4.66. The normalized spacial score (nSPS) is 22.2. The summed E-state index contributed by atoms with van der Waals surface area (Å²) in [6.07, 6.45) is 0. The lowest BCUT2D eigenvalue weighted by Gasteiger charge is -2.19. The number of rotatable bonds is 1. The van der Waals surface area contributed by atoms with Crippen LogP contribution in [-0.2, 0) is 0 Å². The highest BCUT2D eigenvalue weighted by molar-refractivity contribution is 7.12. The Kier molecular flexibility index (Phi) is 2.00. The minimum absolute atomic E-state index is 0.360. The monoisotopic (exact) mass is 195 g/mol. The van der Waals surface area contributed by atoms with Crippen molar-refractivity contribution in [3.63, 3.8) is 0 Å². The van der Waals surface area contributed by atoms with Gasteiger partial charge < -0.3 is 10.6 Å². The van der Waals surface area contributed by atoms with Gasteiger partial charge in [-0.2, -0.15) is 0 Å². The topological polar surface area (TPSA) is 41.6 Å². The van der Waals surface area contributed by atoms with Gasteiger partial charge in [0.25, 0.3) is 0 Å². The van der Waals surface area contributed by atoms with Gasteiger partial charge in [0.15, 0.2) is 5.96 Å². The Balaban J connectivity index is 2.21. The first-order chi connectivity index (χ1) is 6.18. The molecule has 1 aliphatic rings. The Morgan fingerprint density at radius 3 is 2.85 bits per heavy atom. The van der Waals surface area contributed by atoms with E-state index in [0.29, 0.717) is 12.0 Å². The van der Waals surface area contributed by atoms with Crippen molar-refractivity contribution in [3.8, 4) is 0 Å². The largest absolute Gasteiger partial charge is 0.370 e. The van der Waals surface area contributed by atoms with Gasteiger partial charge >= 0.3 is 0 Å². The maximum Gasteiger partial charge on any atom is 0.191 e. The van der Waals surface area contributed by atoms with Crippen LogP contribution in [0.5, 0.6) is 0 Å². The molecule has 0 radical (unpaired) electrons. The van der Waals surface area contributed by atoms with Crippen LogP contribution in [0.2, 0.25) is 0 Å². The van der Waals surface area contributed by atoms with Gasteiger partial charge in [-0.1, -0.05) is 0 Å². The van der Waals surface area contributed by atoms with E-state index in [1.54, 1.807) is 0 Å². The molecular weight excluding hydrogens is 182 g/mol. The molecular formula is C9H13N3S. The SMILES string of the molecule is Cc1ccc(C2CN=C(N)N2C)s1. The Labute approximate surface area is 81.9 Å². The molecule has 2 rings (SSSR count). The van der Waals surface area contributed by atoms with Gasteiger partial charge in [-0.3, -0.25) is 4.99 Å². The van der Waals surface area contributed by atoms with Crippen LogP contribution in [0.4, 0.5) is 0 Å². The summed E-state index contributed by atoms with van der Waals surface area (Å²) in [4.78, 5) is 8.94. The molecule has 70 valence electrons. The van der Waals surface area contributed by atoms with Crippen LogP contribution in [0.3, 0.4) is 0 Å². The van der Waals surface area contributed by atoms with Crippen LogP contribution in [0.15, 0.2) is 17.1 Å². The van der Waals surface area contributed by atoms with Crippen molar-refractivity contribution >= 4 is 17.3 Å². The van der Waals surface area contributed by atoms with Crippen molar-refractivity contribution in [2.75, 3.05) is 13.6 Å². The molecule has 13 heavy (non-hydrogen) atoms. The summed E-state index contributed by atoms with van der Waals surface area (Å²) < 4.78 is 0. The first-order valence-electron chi connectivity index (χ1n) is 4.27. The zero-order valence-electron chi connectivity index (χ0n) is 7.82. The molecule has 1 atom stereocenters. The van der Waals surface area contributed by atoms with Gasteiger partial charge in [-0.05, 0) is 19.1 Å². The molecule has 1 unspecified atom stereocenters. The minimum Gasteiger partial charge on any atom is -0.370 e. The summed E-state index contributed by atoms with van der Waals surface area (Å²) in [5.74, 6) is 0.649. The fourth-order valence-corrected chi connectivity index (χ4v) is 2.50. The van der Waals surface area contributed by atoms with E-state index in [2.05, 4.69) is 24.0 Å². The third-order valence-corrected chi connectivity index (χ3v) is 3.45. The van der Waals surface area contributed by atoms with Crippen molar-refractivity contribution in [1.82, 2.24) is 4.90 Å². The second kappa shape index (κ2) is 3.03. The summed E-state index contributed by atoms with van der Waals surface area (Å²) in [6.45, 7) is 2.91. The molecule has 1 aromatic heterocycles. The third kappa shape index (κ3) is 1.42. The number of hydrogen-bond acceptors (Lipinski definition) is 4. The molecule has 0 bridgehead atoms. The molecule has 0 fully saturated rings. The van der Waals surface area contributed by atoms with E-state index in [9.17, 15) is 0 Å². The lowest BCUT2D eigenvalue weighted by Crippen LogP contribution is -2.31. The predicted molar refractivity (Wildman–Crippen MR) is 56.0 cm³/mol. The minimum atomic E-state index is 0.360. The Bertz CT molecular complexity index is 342. The number of hydrogen-bond donors (Lipinski definition) is 1. The number of aliphatic imine (C=N–C) groups is 1. The van der Waals surface area contributed by atoms with Gasteiger partial charge in [0.2, 0.25) is 0 Å². The van der Waals surface area contributed by atoms with Gasteiger partial charge in [0.05, 0.1) is 12.6 Å². The van der Waals surface area contributed by atoms with E-state index in [1.165, 1.54) is 9.75 Å². The van der Waals surface area contributed by atoms with Crippen molar-refractivity contribution in [2.45, 2.75) is 13.0 Å². The highest BCUT2D eigenvalue weighted by Crippen LogP contribution is 2.29. The van der Waals surface area contributed by atoms with E-state index < -0.39 is 0 Å². The lowest BCUT2D eigenvalue weighted by molar-refractivity contribution is 0.420. The smallest absolute Gasteiger partial charge is 0.191 e. The molecule has 1 aliphatic heterocycles. The van der Waals surface area contributed by atoms with E-state index >= 15 is 0 Å². The summed E-state index contributed by atoms with van der Waals surface area (Å²) in [7, 11) is 1.99. The molecule has 0 spiro atoms. The molecule has 2 heterocycles. The van der Waals surface area contributed by atoms with Crippen LogP contribution in [-0.4, -0.2) is 24.5 Å². The molecule has 0 saturated carbocycles. The number of guanidine groups is 1. The third-order valence-electron chi connectivity index (χ3n) is 2.34. The van der Waals surface area contributed by atoms with E-state index in [1.807, 2.05) is 23.3 Å². The highest BCUT2D eigenvalue weighted by Gasteiger charge is 2.24. The molecule has 0 amide bonds. The van der Waals surface area contributed by atoms with Crippen molar-refractivity contribution in [2.24, 2.45) is 10.7 Å². The Hall–Kier alpha value is -1.03. The van der Waals surface area contributed by atoms with Crippen LogP contribution in [0.1, 0.15) is 15.8 Å². The summed E-state index contributed by atoms with van der Waals surface area (Å²) >= 11 is 1.82. The Morgan fingerprint density at radius 2 is 2.38 bits per heavy atom. The highest BCUT2D eigenvalue weighted by atomic mass is 32.1. The van der Waals surface area contributed by atoms with E-state index in [-0.39, 0.29) is 0 Å². The van der Waals surface area contributed by atoms with Crippen molar-refractivity contribution in [1.29, 1.82) is 0 Å². The zero-order chi connectivity index (χ0) is 9.42. The molecule has 0 saturated heterocycles. The second-order valence-corrected chi connectivity index (χ2v) is 4.59. The quantitative estimate of drug-likeness (QED) is 0.735. The molecule has 0 aromatic carbocycles. The predicted octanol–water partition coefficient (Wildman–Crippen LogP) is 1.36. The summed E-state index contributed by atoms with van der Waals surface area (Å²) in [5, 5.41) is 0. The van der Waals surface area contributed by atoms with Gasteiger partial charge in [0.1, 0.15) is 0 Å². The van der Waals surface area contributed by atoms with Gasteiger partial charge in [-0.15, -0.1) is 11.3 Å². The number of likely N-dealkylation sites (N-methyl/N-ethyl adjacent to an activating group) is 1. The zero-order valence-corrected chi connectivity index (χ0v) is 8.64. The first-order valence-corrected chi connectivity index (χ1v) is 5.09. The Morgan fingerprint density at radius 1 is 1.62 bits per heavy atom. The number of thiophene rings is 1. The lowest BCUT2D eigenvalue weighted by atomic mass is 10.2. The van der Waals surface area contributed by atoms with Crippen LogP contribution < -0.4 is 5.73 Å².